The topological polar surface area (TPSA) is 23.8 Å². The lowest BCUT2D eigenvalue weighted by Crippen LogP contribution is -1.88. The second kappa shape index (κ2) is 4.05. The van der Waals surface area contributed by atoms with Crippen molar-refractivity contribution >= 4 is 12.6 Å². The maximum absolute atomic E-state index is 8.46. The molecule has 11 heavy (non-hydrogen) atoms. The number of nitriles is 1. The van der Waals surface area contributed by atoms with E-state index in [1.165, 1.54) is 0 Å². The number of hydrogen-bond acceptors (Lipinski definition) is 2. The first-order chi connectivity index (χ1) is 5.38. The molecule has 1 aromatic rings. The van der Waals surface area contributed by atoms with Gasteiger partial charge in [-0.2, -0.15) is 17.9 Å². The number of hydrogen-bond donors (Lipinski definition) is 1. The fraction of sp³-hybridized carbons (Fsp3) is 0.222. The second-order valence-corrected chi connectivity index (χ2v) is 2.58. The summed E-state index contributed by atoms with van der Waals surface area (Å²) in [5.41, 5.74) is 2.24. The van der Waals surface area contributed by atoms with Crippen molar-refractivity contribution < 1.29 is 0 Å². The van der Waals surface area contributed by atoms with Crippen molar-refractivity contribution in [3.05, 3.63) is 35.4 Å². The van der Waals surface area contributed by atoms with Crippen LogP contribution >= 0.6 is 12.6 Å². The lowest BCUT2D eigenvalue weighted by atomic mass is 10.1. The van der Waals surface area contributed by atoms with E-state index in [9.17, 15) is 0 Å². The molecule has 0 amide bonds. The van der Waals surface area contributed by atoms with Crippen molar-refractivity contribution in [3.8, 4) is 6.07 Å². The first-order valence-electron chi connectivity index (χ1n) is 3.43. The van der Waals surface area contributed by atoms with Gasteiger partial charge in [0.1, 0.15) is 0 Å². The van der Waals surface area contributed by atoms with Gasteiger partial charge in [-0.25, -0.2) is 0 Å². The molecule has 0 aromatic heterocycles. The summed E-state index contributed by atoms with van der Waals surface area (Å²) >= 11 is 4.16. The third-order valence-corrected chi connectivity index (χ3v) is 1.90. The quantitative estimate of drug-likeness (QED) is 0.664. The molecule has 0 radical (unpaired) electrons. The Morgan fingerprint density at radius 2 is 1.91 bits per heavy atom. The first kappa shape index (κ1) is 8.16. The molecular formula is C9H9NS. The summed E-state index contributed by atoms with van der Waals surface area (Å²) in [4.78, 5) is 0. The number of thiol groups is 1. The molecule has 0 unspecified atom stereocenters. The van der Waals surface area contributed by atoms with Crippen LogP contribution in [0.15, 0.2) is 24.3 Å². The Balaban J connectivity index is 2.94. The smallest absolute Gasteiger partial charge is 0.0669 e. The van der Waals surface area contributed by atoms with E-state index in [4.69, 9.17) is 5.26 Å². The summed E-state index contributed by atoms with van der Waals surface area (Å²) in [6.45, 7) is 0. The number of rotatable bonds is 2. The molecule has 56 valence electrons. The molecule has 0 aliphatic rings. The summed E-state index contributed by atoms with van der Waals surface area (Å²) in [6, 6.07) is 10.0. The van der Waals surface area contributed by atoms with E-state index in [0.717, 1.165) is 11.1 Å². The normalized spacial score (nSPS) is 9.09. The number of nitrogens with zero attached hydrogens (tertiary/aromatic N) is 1. The van der Waals surface area contributed by atoms with Gasteiger partial charge in [0, 0.05) is 5.75 Å². The molecule has 1 rings (SSSR count). The van der Waals surface area contributed by atoms with Crippen LogP contribution in [0.1, 0.15) is 11.1 Å². The lowest BCUT2D eigenvalue weighted by molar-refractivity contribution is 1.20. The van der Waals surface area contributed by atoms with Crippen LogP contribution < -0.4 is 0 Å². The van der Waals surface area contributed by atoms with Crippen molar-refractivity contribution in [2.24, 2.45) is 0 Å². The zero-order valence-electron chi connectivity index (χ0n) is 6.12. The second-order valence-electron chi connectivity index (χ2n) is 2.26. The van der Waals surface area contributed by atoms with E-state index < -0.39 is 0 Å². The highest BCUT2D eigenvalue weighted by molar-refractivity contribution is 7.79. The van der Waals surface area contributed by atoms with E-state index in [1.54, 1.807) is 0 Å². The third-order valence-electron chi connectivity index (χ3n) is 1.56. The van der Waals surface area contributed by atoms with Gasteiger partial charge in [0.05, 0.1) is 12.5 Å². The van der Waals surface area contributed by atoms with Gasteiger partial charge in [0.25, 0.3) is 0 Å². The minimum atomic E-state index is 0.483. The predicted molar refractivity (Wildman–Crippen MR) is 48.4 cm³/mol. The fourth-order valence-corrected chi connectivity index (χ4v) is 1.28. The Kier molecular flexibility index (Phi) is 3.00. The predicted octanol–water partition coefficient (Wildman–Crippen LogP) is 2.18. The molecular weight excluding hydrogens is 154 g/mol. The minimum Gasteiger partial charge on any atom is -0.198 e. The zero-order chi connectivity index (χ0) is 8.10. The van der Waals surface area contributed by atoms with Crippen molar-refractivity contribution in [2.45, 2.75) is 12.2 Å². The van der Waals surface area contributed by atoms with Crippen molar-refractivity contribution in [2.75, 3.05) is 0 Å². The van der Waals surface area contributed by atoms with Gasteiger partial charge in [0.2, 0.25) is 0 Å². The summed E-state index contributed by atoms with van der Waals surface area (Å²) in [5, 5.41) is 8.46. The van der Waals surface area contributed by atoms with Gasteiger partial charge in [-0.05, 0) is 11.1 Å². The van der Waals surface area contributed by atoms with Gasteiger partial charge in [-0.1, -0.05) is 24.3 Å². The summed E-state index contributed by atoms with van der Waals surface area (Å²) in [6.07, 6.45) is 0.483. The maximum Gasteiger partial charge on any atom is 0.0669 e. The van der Waals surface area contributed by atoms with Crippen molar-refractivity contribution in [1.82, 2.24) is 0 Å². The van der Waals surface area contributed by atoms with Crippen LogP contribution in [-0.2, 0) is 12.2 Å². The molecule has 0 fully saturated rings. The molecule has 0 saturated heterocycles. The van der Waals surface area contributed by atoms with Crippen LogP contribution in [0, 0.1) is 11.3 Å². The van der Waals surface area contributed by atoms with Gasteiger partial charge >= 0.3 is 0 Å². The molecule has 0 aliphatic heterocycles. The summed E-state index contributed by atoms with van der Waals surface area (Å²) < 4.78 is 0. The zero-order valence-corrected chi connectivity index (χ0v) is 7.01. The van der Waals surface area contributed by atoms with Crippen molar-refractivity contribution in [3.63, 3.8) is 0 Å². The highest BCUT2D eigenvalue weighted by Gasteiger charge is 1.96. The Hall–Kier alpha value is -0.940. The fourth-order valence-electron chi connectivity index (χ4n) is 0.969. The molecule has 1 aromatic carbocycles. The van der Waals surface area contributed by atoms with Crippen molar-refractivity contribution in [1.29, 1.82) is 5.26 Å². The standard InChI is InChI=1S/C9H9NS/c10-6-5-8-3-1-2-4-9(8)7-11/h1-4,11H,5,7H2. The van der Waals surface area contributed by atoms with Gasteiger partial charge in [0.15, 0.2) is 0 Å². The number of benzene rings is 1. The highest BCUT2D eigenvalue weighted by atomic mass is 32.1. The molecule has 0 saturated carbocycles. The Labute approximate surface area is 72.1 Å². The molecule has 1 nitrogen and oxygen atoms in total. The van der Waals surface area contributed by atoms with E-state index >= 15 is 0 Å². The highest BCUT2D eigenvalue weighted by Crippen LogP contribution is 2.10. The lowest BCUT2D eigenvalue weighted by Gasteiger charge is -2.00. The monoisotopic (exact) mass is 163 g/mol. The van der Waals surface area contributed by atoms with E-state index in [1.807, 2.05) is 24.3 Å². The maximum atomic E-state index is 8.46. The molecule has 0 bridgehead atoms. The first-order valence-corrected chi connectivity index (χ1v) is 4.06. The van der Waals surface area contributed by atoms with Crippen LogP contribution in [-0.4, -0.2) is 0 Å². The Morgan fingerprint density at radius 1 is 1.27 bits per heavy atom. The Morgan fingerprint density at radius 3 is 2.45 bits per heavy atom. The summed E-state index contributed by atoms with van der Waals surface area (Å²) in [7, 11) is 0. The van der Waals surface area contributed by atoms with Gasteiger partial charge in [-0.3, -0.25) is 0 Å². The van der Waals surface area contributed by atoms with E-state index in [2.05, 4.69) is 18.7 Å². The average Bonchev–Trinajstić information content (AvgIpc) is 2.06. The van der Waals surface area contributed by atoms with Crippen LogP contribution in [0.5, 0.6) is 0 Å². The van der Waals surface area contributed by atoms with Crippen LogP contribution in [0.4, 0.5) is 0 Å². The molecule has 0 aliphatic carbocycles. The van der Waals surface area contributed by atoms with Crippen LogP contribution in [0.25, 0.3) is 0 Å². The largest absolute Gasteiger partial charge is 0.198 e. The molecule has 0 atom stereocenters. The molecule has 0 N–H and O–H groups in total. The van der Waals surface area contributed by atoms with Gasteiger partial charge < -0.3 is 0 Å². The Bertz CT molecular complexity index is 275. The molecule has 2 heteroatoms. The summed E-state index contributed by atoms with van der Waals surface area (Å²) in [5.74, 6) is 0.706. The molecule has 0 spiro atoms. The van der Waals surface area contributed by atoms with E-state index in [-0.39, 0.29) is 0 Å². The minimum absolute atomic E-state index is 0.483. The third kappa shape index (κ3) is 1.99. The van der Waals surface area contributed by atoms with Gasteiger partial charge in [-0.15, -0.1) is 0 Å². The SMILES string of the molecule is N#CCc1ccccc1CS. The average molecular weight is 163 g/mol. The molecule has 0 heterocycles. The van der Waals surface area contributed by atoms with Crippen LogP contribution in [0.2, 0.25) is 0 Å². The van der Waals surface area contributed by atoms with Crippen LogP contribution in [0.3, 0.4) is 0 Å². The van der Waals surface area contributed by atoms with E-state index in [0.29, 0.717) is 12.2 Å².